The van der Waals surface area contributed by atoms with Crippen molar-refractivity contribution < 1.29 is 13.2 Å². The number of guanidine groups is 1. The largest absolute Gasteiger partial charge is 0.377 e. The number of aliphatic imine (C=N–C) groups is 1. The van der Waals surface area contributed by atoms with Crippen molar-refractivity contribution in [3.63, 3.8) is 0 Å². The monoisotopic (exact) mass is 396 g/mol. The maximum absolute atomic E-state index is 12.7. The van der Waals surface area contributed by atoms with Crippen molar-refractivity contribution in [3.05, 3.63) is 29.8 Å². The van der Waals surface area contributed by atoms with Crippen molar-refractivity contribution in [2.75, 3.05) is 33.8 Å². The number of ether oxygens (including phenoxy) is 1. The second kappa shape index (κ2) is 9.52. The van der Waals surface area contributed by atoms with Crippen LogP contribution >= 0.6 is 0 Å². The minimum atomic E-state index is -3.38. The minimum Gasteiger partial charge on any atom is -0.377 e. The zero-order chi connectivity index (χ0) is 19.9. The molecule has 0 spiro atoms. The van der Waals surface area contributed by atoms with E-state index in [-0.39, 0.29) is 5.60 Å². The standard InChI is InChI=1S/C19H32N4O3S/c1-19(2,26-4)15-22-18(20-3)21-14-16-8-10-17(11-9-16)27(24,25)23-12-6-5-7-13-23/h8-11H,5-7,12-15H2,1-4H3,(H2,20,21,22). The van der Waals surface area contributed by atoms with Crippen LogP contribution in [0.1, 0.15) is 38.7 Å². The predicted octanol–water partition coefficient (Wildman–Crippen LogP) is 1.95. The lowest BCUT2D eigenvalue weighted by molar-refractivity contribution is 0.0268. The summed E-state index contributed by atoms with van der Waals surface area (Å²) in [4.78, 5) is 4.55. The Hall–Kier alpha value is -1.64. The smallest absolute Gasteiger partial charge is 0.243 e. The number of piperidine rings is 1. The van der Waals surface area contributed by atoms with E-state index in [2.05, 4.69) is 15.6 Å². The van der Waals surface area contributed by atoms with Crippen LogP contribution in [0.15, 0.2) is 34.2 Å². The molecule has 2 rings (SSSR count). The third-order valence-electron chi connectivity index (χ3n) is 4.79. The number of hydrogen-bond acceptors (Lipinski definition) is 4. The molecule has 1 aromatic rings. The number of sulfonamides is 1. The third kappa shape index (κ3) is 6.19. The zero-order valence-electron chi connectivity index (χ0n) is 16.8. The summed E-state index contributed by atoms with van der Waals surface area (Å²) < 4.78 is 32.4. The van der Waals surface area contributed by atoms with E-state index >= 15 is 0 Å². The molecule has 1 aliphatic heterocycles. The van der Waals surface area contributed by atoms with Gasteiger partial charge in [-0.15, -0.1) is 0 Å². The maximum Gasteiger partial charge on any atom is 0.243 e. The first kappa shape index (κ1) is 21.7. The normalized spacial score (nSPS) is 17.0. The van der Waals surface area contributed by atoms with E-state index in [9.17, 15) is 8.42 Å². The Kier molecular flexibility index (Phi) is 7.64. The molecule has 0 bridgehead atoms. The lowest BCUT2D eigenvalue weighted by Crippen LogP contribution is -2.45. The quantitative estimate of drug-likeness (QED) is 0.544. The first-order valence-corrected chi connectivity index (χ1v) is 10.8. The molecule has 1 aliphatic rings. The molecular formula is C19H32N4O3S. The zero-order valence-corrected chi connectivity index (χ0v) is 17.6. The molecule has 1 fully saturated rings. The van der Waals surface area contributed by atoms with Crippen molar-refractivity contribution in [1.29, 1.82) is 0 Å². The van der Waals surface area contributed by atoms with Gasteiger partial charge in [-0.25, -0.2) is 8.42 Å². The summed E-state index contributed by atoms with van der Waals surface area (Å²) in [5.41, 5.74) is 0.698. The van der Waals surface area contributed by atoms with Crippen molar-refractivity contribution in [2.45, 2.75) is 50.2 Å². The van der Waals surface area contributed by atoms with Crippen LogP contribution < -0.4 is 10.6 Å². The van der Waals surface area contributed by atoms with Gasteiger partial charge in [-0.1, -0.05) is 18.6 Å². The number of rotatable bonds is 7. The van der Waals surface area contributed by atoms with Gasteiger partial charge in [0.05, 0.1) is 10.5 Å². The van der Waals surface area contributed by atoms with E-state index in [4.69, 9.17) is 4.74 Å². The summed E-state index contributed by atoms with van der Waals surface area (Å²) in [5.74, 6) is 0.671. The van der Waals surface area contributed by atoms with Crippen LogP contribution in [0.4, 0.5) is 0 Å². The van der Waals surface area contributed by atoms with Crippen LogP contribution in [0.3, 0.4) is 0 Å². The molecule has 0 radical (unpaired) electrons. The maximum atomic E-state index is 12.7. The van der Waals surface area contributed by atoms with Gasteiger partial charge in [-0.3, -0.25) is 4.99 Å². The van der Waals surface area contributed by atoms with E-state index in [1.165, 1.54) is 0 Å². The lowest BCUT2D eigenvalue weighted by Gasteiger charge is -2.26. The molecule has 0 aliphatic carbocycles. The lowest BCUT2D eigenvalue weighted by atomic mass is 10.1. The van der Waals surface area contributed by atoms with Crippen LogP contribution in [0.5, 0.6) is 0 Å². The van der Waals surface area contributed by atoms with E-state index in [0.717, 1.165) is 24.8 Å². The molecule has 2 N–H and O–H groups in total. The van der Waals surface area contributed by atoms with Crippen molar-refractivity contribution in [3.8, 4) is 0 Å². The Morgan fingerprint density at radius 3 is 2.33 bits per heavy atom. The third-order valence-corrected chi connectivity index (χ3v) is 6.71. The van der Waals surface area contributed by atoms with E-state index in [0.29, 0.717) is 37.0 Å². The molecule has 0 amide bonds. The second-order valence-corrected chi connectivity index (χ2v) is 9.29. The molecule has 152 valence electrons. The highest BCUT2D eigenvalue weighted by atomic mass is 32.2. The molecule has 7 nitrogen and oxygen atoms in total. The van der Waals surface area contributed by atoms with Gasteiger partial charge in [0.15, 0.2) is 5.96 Å². The van der Waals surface area contributed by atoms with Gasteiger partial charge in [-0.05, 0) is 44.4 Å². The highest BCUT2D eigenvalue weighted by Gasteiger charge is 2.25. The molecule has 0 atom stereocenters. The highest BCUT2D eigenvalue weighted by molar-refractivity contribution is 7.89. The van der Waals surface area contributed by atoms with Gasteiger partial charge in [-0.2, -0.15) is 4.31 Å². The average Bonchev–Trinajstić information content (AvgIpc) is 2.69. The highest BCUT2D eigenvalue weighted by Crippen LogP contribution is 2.20. The summed E-state index contributed by atoms with van der Waals surface area (Å²) in [6.45, 7) is 6.40. The topological polar surface area (TPSA) is 83.0 Å². The number of methoxy groups -OCH3 is 1. The molecule has 0 saturated carbocycles. The fourth-order valence-electron chi connectivity index (χ4n) is 2.81. The summed E-state index contributed by atoms with van der Waals surface area (Å²) in [6.07, 6.45) is 2.98. The minimum absolute atomic E-state index is 0.290. The van der Waals surface area contributed by atoms with Gasteiger partial charge in [0, 0.05) is 40.3 Å². The first-order valence-electron chi connectivity index (χ1n) is 9.37. The van der Waals surface area contributed by atoms with Gasteiger partial charge < -0.3 is 15.4 Å². The number of nitrogens with zero attached hydrogens (tertiary/aromatic N) is 2. The molecule has 8 heteroatoms. The predicted molar refractivity (Wildman–Crippen MR) is 108 cm³/mol. The van der Waals surface area contributed by atoms with E-state index < -0.39 is 10.0 Å². The first-order chi connectivity index (χ1) is 12.8. The second-order valence-electron chi connectivity index (χ2n) is 7.35. The Morgan fingerprint density at radius 1 is 1.15 bits per heavy atom. The molecule has 1 aromatic carbocycles. The SMILES string of the molecule is CN=C(NCc1ccc(S(=O)(=O)N2CCCCC2)cc1)NCC(C)(C)OC. The van der Waals surface area contributed by atoms with Crippen LogP contribution in [-0.2, 0) is 21.3 Å². The average molecular weight is 397 g/mol. The molecule has 0 aromatic heterocycles. The summed E-state index contributed by atoms with van der Waals surface area (Å²) in [7, 11) is 0.00999. The van der Waals surface area contributed by atoms with Crippen molar-refractivity contribution >= 4 is 16.0 Å². The van der Waals surface area contributed by atoms with Crippen molar-refractivity contribution in [1.82, 2.24) is 14.9 Å². The summed E-state index contributed by atoms with van der Waals surface area (Å²) in [6, 6.07) is 7.06. The van der Waals surface area contributed by atoms with E-state index in [1.54, 1.807) is 30.6 Å². The number of hydrogen-bond donors (Lipinski definition) is 2. The van der Waals surface area contributed by atoms with Gasteiger partial charge in [0.25, 0.3) is 0 Å². The molecule has 1 saturated heterocycles. The Balaban J connectivity index is 1.93. The molecule has 0 unspecified atom stereocenters. The molecule has 27 heavy (non-hydrogen) atoms. The number of benzene rings is 1. The van der Waals surface area contributed by atoms with Crippen molar-refractivity contribution in [2.24, 2.45) is 4.99 Å². The fraction of sp³-hybridized carbons (Fsp3) is 0.632. The summed E-state index contributed by atoms with van der Waals surface area (Å²) >= 11 is 0. The van der Waals surface area contributed by atoms with Gasteiger partial charge >= 0.3 is 0 Å². The molecule has 1 heterocycles. The van der Waals surface area contributed by atoms with Crippen LogP contribution in [0, 0.1) is 0 Å². The van der Waals surface area contributed by atoms with Gasteiger partial charge in [0.1, 0.15) is 0 Å². The summed E-state index contributed by atoms with van der Waals surface area (Å²) in [5, 5.41) is 6.45. The fourth-order valence-corrected chi connectivity index (χ4v) is 4.33. The Morgan fingerprint density at radius 2 is 1.78 bits per heavy atom. The Labute approximate surface area is 163 Å². The number of nitrogens with one attached hydrogen (secondary N) is 2. The van der Waals surface area contributed by atoms with Crippen LogP contribution in [-0.4, -0.2) is 58.1 Å². The van der Waals surface area contributed by atoms with Crippen LogP contribution in [0.2, 0.25) is 0 Å². The Bertz CT molecular complexity index is 724. The van der Waals surface area contributed by atoms with Gasteiger partial charge in [0.2, 0.25) is 10.0 Å². The van der Waals surface area contributed by atoms with E-state index in [1.807, 2.05) is 26.0 Å². The van der Waals surface area contributed by atoms with Crippen LogP contribution in [0.25, 0.3) is 0 Å². The molecular weight excluding hydrogens is 364 g/mol.